The lowest BCUT2D eigenvalue weighted by Crippen LogP contribution is -2.62. The van der Waals surface area contributed by atoms with E-state index in [0.29, 0.717) is 32.4 Å². The number of rotatable bonds is 26. The van der Waals surface area contributed by atoms with E-state index >= 15 is 0 Å². The molecule has 0 spiro atoms. The molecule has 0 amide bonds. The Labute approximate surface area is 393 Å². The Morgan fingerprint density at radius 1 is 0.567 bits per heavy atom. The molecule has 67 heavy (non-hydrogen) atoms. The lowest BCUT2D eigenvalue weighted by molar-refractivity contribution is -0.321. The Bertz CT molecular complexity index is 2400. The maximum Gasteiger partial charge on any atom is 0.323 e. The third-order valence-electron chi connectivity index (χ3n) is 11.5. The number of carbonyl (C=O) groups is 3. The first kappa shape index (κ1) is 48.9. The molecule has 0 radical (unpaired) electrons. The minimum absolute atomic E-state index is 0.0277. The molecule has 0 aliphatic carbocycles. The minimum atomic E-state index is -1.09. The molecule has 1 heterocycles. The Kier molecular flexibility index (Phi) is 19.2. The lowest BCUT2D eigenvalue weighted by Gasteiger charge is -2.45. The van der Waals surface area contributed by atoms with Crippen LogP contribution in [0.5, 0.6) is 0 Å². The van der Waals surface area contributed by atoms with Crippen molar-refractivity contribution in [3.8, 4) is 0 Å². The Morgan fingerprint density at radius 2 is 1.15 bits per heavy atom. The molecule has 1 unspecified atom stereocenters. The SMILES string of the molecule is CC(=O)CCC(=O)O[C@H]1[C@H](OCCCCC(NCc2ccccc2)C(=O)OCc2ccccc2)O[C@H](COCc2ccc3ccccc3c2)[C@@H](OCc2ccccc2)[C@@H]1OCc1ccccc1. The van der Waals surface area contributed by atoms with Crippen molar-refractivity contribution < 1.29 is 47.5 Å². The number of ketones is 1. The molecular weight excluding hydrogens is 847 g/mol. The first-order valence-corrected chi connectivity index (χ1v) is 23.2. The molecule has 11 nitrogen and oxygen atoms in total. The molecular formula is C56H61NO10. The van der Waals surface area contributed by atoms with Crippen LogP contribution >= 0.6 is 0 Å². The Hall–Kier alpha value is -6.05. The highest BCUT2D eigenvalue weighted by Gasteiger charge is 2.50. The van der Waals surface area contributed by atoms with Gasteiger partial charge in [-0.3, -0.25) is 9.59 Å². The van der Waals surface area contributed by atoms with E-state index in [2.05, 4.69) is 29.6 Å². The number of fused-ring (bicyclic) bond motifs is 1. The molecule has 7 rings (SSSR count). The van der Waals surface area contributed by atoms with E-state index in [1.54, 1.807) is 0 Å². The van der Waals surface area contributed by atoms with Crippen molar-refractivity contribution in [2.24, 2.45) is 0 Å². The molecule has 0 bridgehead atoms. The van der Waals surface area contributed by atoms with Crippen molar-refractivity contribution >= 4 is 28.5 Å². The molecule has 350 valence electrons. The highest BCUT2D eigenvalue weighted by atomic mass is 16.7. The van der Waals surface area contributed by atoms with Crippen LogP contribution in [0.2, 0.25) is 0 Å². The molecule has 6 aromatic rings. The van der Waals surface area contributed by atoms with Gasteiger partial charge < -0.3 is 43.3 Å². The molecule has 1 N–H and O–H groups in total. The van der Waals surface area contributed by atoms with Crippen LogP contribution in [-0.2, 0) is 80.5 Å². The smallest absolute Gasteiger partial charge is 0.323 e. The maximum atomic E-state index is 13.5. The van der Waals surface area contributed by atoms with E-state index in [1.807, 2.05) is 140 Å². The van der Waals surface area contributed by atoms with E-state index in [-0.39, 0.29) is 57.6 Å². The number of esters is 2. The zero-order valence-electron chi connectivity index (χ0n) is 38.1. The van der Waals surface area contributed by atoms with Crippen molar-refractivity contribution in [3.63, 3.8) is 0 Å². The Morgan fingerprint density at radius 3 is 1.79 bits per heavy atom. The summed E-state index contributed by atoms with van der Waals surface area (Å²) in [4.78, 5) is 39.0. The van der Waals surface area contributed by atoms with Gasteiger partial charge in [0, 0.05) is 19.6 Å². The Balaban J connectivity index is 1.09. The fraction of sp³-hybridized carbons (Fsp3) is 0.339. The van der Waals surface area contributed by atoms with E-state index in [9.17, 15) is 14.4 Å². The van der Waals surface area contributed by atoms with Gasteiger partial charge in [-0.1, -0.05) is 158 Å². The van der Waals surface area contributed by atoms with Crippen LogP contribution in [0.15, 0.2) is 164 Å². The summed E-state index contributed by atoms with van der Waals surface area (Å²) in [6.07, 6.45) is -2.96. The largest absolute Gasteiger partial charge is 0.460 e. The molecule has 0 aromatic heterocycles. The number of ether oxygens (including phenoxy) is 7. The van der Waals surface area contributed by atoms with Crippen LogP contribution in [-0.4, -0.2) is 67.7 Å². The monoisotopic (exact) mass is 907 g/mol. The number of Topliss-reactive ketones (excluding diaryl/α,β-unsaturated/α-hetero) is 1. The first-order valence-electron chi connectivity index (χ1n) is 23.2. The molecule has 0 saturated carbocycles. The van der Waals surface area contributed by atoms with E-state index < -0.39 is 42.7 Å². The summed E-state index contributed by atoms with van der Waals surface area (Å²) in [6, 6.07) is 52.9. The van der Waals surface area contributed by atoms with Gasteiger partial charge in [-0.15, -0.1) is 0 Å². The third-order valence-corrected chi connectivity index (χ3v) is 11.5. The summed E-state index contributed by atoms with van der Waals surface area (Å²) in [5, 5.41) is 5.65. The third kappa shape index (κ3) is 15.8. The van der Waals surface area contributed by atoms with Gasteiger partial charge in [0.2, 0.25) is 0 Å². The van der Waals surface area contributed by atoms with Crippen LogP contribution in [0, 0.1) is 0 Å². The second-order valence-electron chi connectivity index (χ2n) is 16.8. The lowest BCUT2D eigenvalue weighted by atomic mass is 9.97. The topological polar surface area (TPSA) is 128 Å². The normalized spacial score (nSPS) is 18.6. The number of nitrogens with one attached hydrogen (secondary N) is 1. The maximum absolute atomic E-state index is 13.5. The van der Waals surface area contributed by atoms with Crippen molar-refractivity contribution in [2.45, 2.75) is 109 Å². The summed E-state index contributed by atoms with van der Waals surface area (Å²) < 4.78 is 45.2. The van der Waals surface area contributed by atoms with Crippen molar-refractivity contribution in [1.82, 2.24) is 5.32 Å². The molecule has 6 aromatic carbocycles. The van der Waals surface area contributed by atoms with Crippen LogP contribution < -0.4 is 5.32 Å². The van der Waals surface area contributed by atoms with Gasteiger partial charge in [0.15, 0.2) is 12.4 Å². The van der Waals surface area contributed by atoms with Crippen LogP contribution in [0.25, 0.3) is 10.8 Å². The average molecular weight is 908 g/mol. The number of hydrogen-bond acceptors (Lipinski definition) is 11. The predicted octanol–water partition coefficient (Wildman–Crippen LogP) is 9.62. The van der Waals surface area contributed by atoms with Gasteiger partial charge in [0.1, 0.15) is 36.7 Å². The van der Waals surface area contributed by atoms with Gasteiger partial charge in [0.05, 0.1) is 32.8 Å². The van der Waals surface area contributed by atoms with Gasteiger partial charge in [-0.25, -0.2) is 0 Å². The number of unbranched alkanes of at least 4 members (excludes halogenated alkanes) is 1. The number of hydrogen-bond donors (Lipinski definition) is 1. The second kappa shape index (κ2) is 26.3. The molecule has 6 atom stereocenters. The van der Waals surface area contributed by atoms with Gasteiger partial charge in [-0.05, 0) is 70.8 Å². The summed E-state index contributed by atoms with van der Waals surface area (Å²) in [7, 11) is 0. The van der Waals surface area contributed by atoms with Gasteiger partial charge >= 0.3 is 11.9 Å². The van der Waals surface area contributed by atoms with Crippen molar-refractivity contribution in [3.05, 3.63) is 192 Å². The molecule has 11 heteroatoms. The summed E-state index contributed by atoms with van der Waals surface area (Å²) in [6.45, 7) is 3.16. The number of carbonyl (C=O) groups excluding carboxylic acids is 3. The predicted molar refractivity (Wildman–Crippen MR) is 255 cm³/mol. The van der Waals surface area contributed by atoms with E-state index in [1.165, 1.54) is 6.92 Å². The standard InChI is InChI=1S/C56H61NO10/c1-41(58)29-32-51(59)67-54-53(64-38-44-22-10-4-11-23-44)52(63-37-43-20-8-3-9-21-43)50(40-61-36-46-30-31-47-26-14-15-27-48(47)34-46)66-56(54)62-33-17-16-28-49(57-35-42-18-6-2-7-19-42)55(60)65-39-45-24-12-5-13-25-45/h2-15,18-27,30-31,34,49-50,52-54,56-57H,16-17,28-29,32-33,35-40H2,1H3/t49?,50-,52-,53+,54-,56-/m1/s1. The number of benzene rings is 6. The van der Waals surface area contributed by atoms with Crippen LogP contribution in [0.4, 0.5) is 0 Å². The van der Waals surface area contributed by atoms with E-state index in [0.717, 1.165) is 38.6 Å². The average Bonchev–Trinajstić information content (AvgIpc) is 3.36. The fourth-order valence-corrected chi connectivity index (χ4v) is 7.93. The second-order valence-corrected chi connectivity index (χ2v) is 16.8. The minimum Gasteiger partial charge on any atom is -0.460 e. The fourth-order valence-electron chi connectivity index (χ4n) is 7.93. The van der Waals surface area contributed by atoms with Crippen LogP contribution in [0.3, 0.4) is 0 Å². The zero-order chi connectivity index (χ0) is 46.5. The summed E-state index contributed by atoms with van der Waals surface area (Å²) in [5.74, 6) is -1.05. The zero-order valence-corrected chi connectivity index (χ0v) is 38.1. The van der Waals surface area contributed by atoms with Gasteiger partial charge in [-0.2, -0.15) is 0 Å². The summed E-state index contributed by atoms with van der Waals surface area (Å²) in [5.41, 5.74) is 4.81. The quantitative estimate of drug-likeness (QED) is 0.0413. The first-order chi connectivity index (χ1) is 32.9. The molecule has 1 saturated heterocycles. The van der Waals surface area contributed by atoms with E-state index in [4.69, 9.17) is 33.2 Å². The molecule has 1 aliphatic rings. The van der Waals surface area contributed by atoms with Crippen molar-refractivity contribution in [2.75, 3.05) is 13.2 Å². The van der Waals surface area contributed by atoms with Gasteiger partial charge in [0.25, 0.3) is 0 Å². The molecule has 1 fully saturated rings. The van der Waals surface area contributed by atoms with Crippen molar-refractivity contribution in [1.29, 1.82) is 0 Å². The van der Waals surface area contributed by atoms with Crippen LogP contribution in [0.1, 0.15) is 66.8 Å². The highest BCUT2D eigenvalue weighted by molar-refractivity contribution is 5.83. The molecule has 1 aliphatic heterocycles. The summed E-state index contributed by atoms with van der Waals surface area (Å²) >= 11 is 0. The highest BCUT2D eigenvalue weighted by Crippen LogP contribution is 2.32.